The molecular formula is C24H27N5O6. The Kier molecular flexibility index (Phi) is 7.48. The Morgan fingerprint density at radius 1 is 1.06 bits per heavy atom. The number of nitrogens with zero attached hydrogens (tertiary/aromatic N) is 5. The molecule has 1 aromatic carbocycles. The lowest BCUT2D eigenvalue weighted by Crippen LogP contribution is -2.37. The van der Waals surface area contributed by atoms with Crippen LogP contribution in [0.2, 0.25) is 0 Å². The van der Waals surface area contributed by atoms with E-state index in [4.69, 9.17) is 14.6 Å². The summed E-state index contributed by atoms with van der Waals surface area (Å²) < 4.78 is 12.1. The fourth-order valence-electron chi connectivity index (χ4n) is 3.19. The molecule has 0 radical (unpaired) electrons. The minimum absolute atomic E-state index is 0.182. The second-order valence-electron chi connectivity index (χ2n) is 8.71. The number of methoxy groups -OCH3 is 1. The van der Waals surface area contributed by atoms with Crippen molar-refractivity contribution in [3.63, 3.8) is 0 Å². The number of ether oxygens (including phenoxy) is 2. The predicted octanol–water partition coefficient (Wildman–Crippen LogP) is 3.58. The Morgan fingerprint density at radius 3 is 2.29 bits per heavy atom. The summed E-state index contributed by atoms with van der Waals surface area (Å²) >= 11 is 0. The van der Waals surface area contributed by atoms with Crippen LogP contribution in [-0.2, 0) is 16.1 Å². The number of benzene rings is 1. The SMILES string of the molecule is COc1ccc(CN(C(=O)OC(C)(C)C)c2ccc(-n3ncc(C(=O)CC(=O)O)c3C)nn2)cc1. The predicted molar refractivity (Wildman–Crippen MR) is 126 cm³/mol. The van der Waals surface area contributed by atoms with E-state index in [0.29, 0.717) is 17.3 Å². The Hall–Kier alpha value is -4.28. The molecule has 1 amide bonds. The Labute approximate surface area is 202 Å². The molecule has 0 fully saturated rings. The first kappa shape index (κ1) is 25.3. The molecule has 11 nitrogen and oxygen atoms in total. The first-order valence-electron chi connectivity index (χ1n) is 10.8. The Morgan fingerprint density at radius 2 is 1.74 bits per heavy atom. The highest BCUT2D eigenvalue weighted by atomic mass is 16.6. The zero-order chi connectivity index (χ0) is 25.8. The summed E-state index contributed by atoms with van der Waals surface area (Å²) in [5.41, 5.74) is 0.731. The number of carbonyl (C=O) groups excluding carboxylic acids is 2. The zero-order valence-corrected chi connectivity index (χ0v) is 20.2. The smallest absolute Gasteiger partial charge is 0.416 e. The molecular weight excluding hydrogens is 454 g/mol. The summed E-state index contributed by atoms with van der Waals surface area (Å²) in [6.45, 7) is 7.13. The van der Waals surface area contributed by atoms with Crippen LogP contribution in [-0.4, -0.2) is 55.6 Å². The van der Waals surface area contributed by atoms with Gasteiger partial charge in [-0.25, -0.2) is 9.48 Å². The molecule has 3 aromatic rings. The molecule has 0 unspecified atom stereocenters. The third-order valence-electron chi connectivity index (χ3n) is 4.87. The standard InChI is InChI=1S/C24H27N5O6/c1-15-18(19(30)12-22(31)32)13-25-29(15)21-11-10-20(26-27-21)28(23(33)35-24(2,3)4)14-16-6-8-17(34-5)9-7-16/h6-11,13H,12,14H2,1-5H3,(H,31,32). The molecule has 0 aliphatic carbocycles. The second-order valence-corrected chi connectivity index (χ2v) is 8.71. The maximum absolute atomic E-state index is 13.0. The first-order valence-corrected chi connectivity index (χ1v) is 10.8. The van der Waals surface area contributed by atoms with Crippen molar-refractivity contribution in [2.75, 3.05) is 12.0 Å². The van der Waals surface area contributed by atoms with Crippen LogP contribution in [0.5, 0.6) is 5.75 Å². The van der Waals surface area contributed by atoms with Gasteiger partial charge in [-0.05, 0) is 57.5 Å². The number of ketones is 1. The third kappa shape index (κ3) is 6.40. The van der Waals surface area contributed by atoms with Crippen LogP contribution in [0.4, 0.5) is 10.6 Å². The molecule has 35 heavy (non-hydrogen) atoms. The van der Waals surface area contributed by atoms with Crippen LogP contribution in [0.1, 0.15) is 48.8 Å². The normalized spacial score (nSPS) is 11.1. The van der Waals surface area contributed by atoms with Crippen LogP contribution >= 0.6 is 0 Å². The number of Topliss-reactive ketones (excluding diaryl/α,β-unsaturated/α-hetero) is 1. The van der Waals surface area contributed by atoms with E-state index in [0.717, 1.165) is 5.56 Å². The van der Waals surface area contributed by atoms with Crippen molar-refractivity contribution in [1.82, 2.24) is 20.0 Å². The number of anilines is 1. The van der Waals surface area contributed by atoms with Gasteiger partial charge >= 0.3 is 12.1 Å². The lowest BCUT2D eigenvalue weighted by molar-refractivity contribution is -0.135. The van der Waals surface area contributed by atoms with Gasteiger partial charge in [-0.2, -0.15) is 5.10 Å². The van der Waals surface area contributed by atoms with E-state index in [-0.39, 0.29) is 17.9 Å². The van der Waals surface area contributed by atoms with Gasteiger partial charge in [0, 0.05) is 0 Å². The quantitative estimate of drug-likeness (QED) is 0.378. The molecule has 0 spiro atoms. The summed E-state index contributed by atoms with van der Waals surface area (Å²) in [6, 6.07) is 10.4. The summed E-state index contributed by atoms with van der Waals surface area (Å²) in [6.07, 6.45) is 0.0763. The van der Waals surface area contributed by atoms with Crippen molar-refractivity contribution in [3.05, 3.63) is 59.4 Å². The third-order valence-corrected chi connectivity index (χ3v) is 4.87. The average Bonchev–Trinajstić information content (AvgIpc) is 3.17. The minimum Gasteiger partial charge on any atom is -0.497 e. The van der Waals surface area contributed by atoms with Crippen LogP contribution in [0.3, 0.4) is 0 Å². The molecule has 0 bridgehead atoms. The largest absolute Gasteiger partial charge is 0.497 e. The summed E-state index contributed by atoms with van der Waals surface area (Å²) in [5.74, 6) is -0.524. The van der Waals surface area contributed by atoms with Gasteiger partial charge < -0.3 is 14.6 Å². The number of hydrogen-bond acceptors (Lipinski definition) is 8. The maximum atomic E-state index is 13.0. The topological polar surface area (TPSA) is 137 Å². The average molecular weight is 482 g/mol. The molecule has 0 aliphatic rings. The number of carboxylic acids is 1. The van der Waals surface area contributed by atoms with Crippen molar-refractivity contribution in [3.8, 4) is 11.6 Å². The van der Waals surface area contributed by atoms with Gasteiger partial charge in [-0.1, -0.05) is 12.1 Å². The van der Waals surface area contributed by atoms with E-state index in [2.05, 4.69) is 15.3 Å². The molecule has 1 N–H and O–H groups in total. The van der Waals surface area contributed by atoms with Crippen molar-refractivity contribution >= 4 is 23.7 Å². The molecule has 0 aliphatic heterocycles. The molecule has 0 saturated heterocycles. The zero-order valence-electron chi connectivity index (χ0n) is 20.2. The molecule has 2 aromatic heterocycles. The van der Waals surface area contributed by atoms with E-state index in [1.165, 1.54) is 15.8 Å². The first-order chi connectivity index (χ1) is 16.5. The highest BCUT2D eigenvalue weighted by molar-refractivity contribution is 6.06. The van der Waals surface area contributed by atoms with Gasteiger partial charge in [-0.3, -0.25) is 14.5 Å². The van der Waals surface area contributed by atoms with Gasteiger partial charge in [0.1, 0.15) is 17.8 Å². The van der Waals surface area contributed by atoms with Gasteiger partial charge in [0.05, 0.1) is 31.1 Å². The number of aromatic nitrogens is 4. The van der Waals surface area contributed by atoms with Gasteiger partial charge in [0.2, 0.25) is 0 Å². The highest BCUT2D eigenvalue weighted by Gasteiger charge is 2.25. The number of amides is 1. The van der Waals surface area contributed by atoms with Gasteiger partial charge in [-0.15, -0.1) is 10.2 Å². The van der Waals surface area contributed by atoms with Crippen LogP contribution in [0, 0.1) is 6.92 Å². The van der Waals surface area contributed by atoms with E-state index >= 15 is 0 Å². The van der Waals surface area contributed by atoms with Crippen molar-refractivity contribution in [2.45, 2.75) is 46.3 Å². The lowest BCUT2D eigenvalue weighted by atomic mass is 10.1. The molecule has 0 atom stereocenters. The summed E-state index contributed by atoms with van der Waals surface area (Å²) in [5, 5.41) is 21.4. The number of aliphatic carboxylic acids is 1. The minimum atomic E-state index is -1.22. The molecule has 184 valence electrons. The molecule has 3 rings (SSSR count). The van der Waals surface area contributed by atoms with E-state index in [1.54, 1.807) is 59.1 Å². The summed E-state index contributed by atoms with van der Waals surface area (Å²) in [4.78, 5) is 37.3. The monoisotopic (exact) mass is 481 g/mol. The Balaban J connectivity index is 1.89. The molecule has 0 saturated carbocycles. The lowest BCUT2D eigenvalue weighted by Gasteiger charge is -2.26. The number of carbonyl (C=O) groups is 3. The van der Waals surface area contributed by atoms with E-state index in [9.17, 15) is 14.4 Å². The fourth-order valence-corrected chi connectivity index (χ4v) is 3.19. The van der Waals surface area contributed by atoms with Crippen LogP contribution in [0.15, 0.2) is 42.6 Å². The van der Waals surface area contributed by atoms with E-state index < -0.39 is 29.9 Å². The second kappa shape index (κ2) is 10.3. The highest BCUT2D eigenvalue weighted by Crippen LogP contribution is 2.21. The van der Waals surface area contributed by atoms with Crippen molar-refractivity contribution in [2.24, 2.45) is 0 Å². The number of carboxylic acid groups (broad SMARTS) is 1. The number of hydrogen-bond donors (Lipinski definition) is 1. The van der Waals surface area contributed by atoms with Gasteiger partial charge in [0.25, 0.3) is 0 Å². The van der Waals surface area contributed by atoms with Crippen LogP contribution in [0.25, 0.3) is 5.82 Å². The van der Waals surface area contributed by atoms with Crippen LogP contribution < -0.4 is 9.64 Å². The Bertz CT molecular complexity index is 1210. The molecule has 11 heteroatoms. The van der Waals surface area contributed by atoms with Gasteiger partial charge in [0.15, 0.2) is 17.4 Å². The van der Waals surface area contributed by atoms with Crippen molar-refractivity contribution < 1.29 is 29.0 Å². The number of rotatable bonds is 8. The summed E-state index contributed by atoms with van der Waals surface area (Å²) in [7, 11) is 1.57. The molecule has 2 heterocycles. The van der Waals surface area contributed by atoms with Crippen molar-refractivity contribution in [1.29, 1.82) is 0 Å². The maximum Gasteiger partial charge on any atom is 0.416 e. The fraction of sp³-hybridized carbons (Fsp3) is 0.333. The van der Waals surface area contributed by atoms with E-state index in [1.807, 2.05) is 12.1 Å².